The number of nitrogens with two attached hydrogens (primary N) is 8. The molecule has 0 unspecified atom stereocenters. The second-order valence-corrected chi connectivity index (χ2v) is 34.5. The Kier molecular flexibility index (Phi) is 52.1. The molecule has 141 heavy (non-hydrogen) atoms. The van der Waals surface area contributed by atoms with Crippen molar-refractivity contribution in [1.29, 1.82) is 21.6 Å². The average Bonchev–Trinajstić information content (AvgIpc) is 1.74. The summed E-state index contributed by atoms with van der Waals surface area (Å²) in [6.07, 6.45) is -1.45. The van der Waals surface area contributed by atoms with Gasteiger partial charge in [-0.2, -0.15) is 25.3 Å². The second-order valence-electron chi connectivity index (χ2n) is 33.7. The summed E-state index contributed by atoms with van der Waals surface area (Å²) in [7, 11) is 0. The Bertz CT molecular complexity index is 4900. The minimum Gasteiger partial charge on any atom is -0.508 e. The summed E-state index contributed by atoms with van der Waals surface area (Å²) in [5, 5.41) is 116. The van der Waals surface area contributed by atoms with Gasteiger partial charge in [0, 0.05) is 76.5 Å². The molecule has 0 aliphatic carbocycles. The molecule has 1 saturated heterocycles. The highest BCUT2D eigenvalue weighted by Gasteiger charge is 2.42. The van der Waals surface area contributed by atoms with Crippen LogP contribution in [0.15, 0.2) is 91.0 Å². The first-order chi connectivity index (χ1) is 67.1. The van der Waals surface area contributed by atoms with Gasteiger partial charge in [0.25, 0.3) is 0 Å². The van der Waals surface area contributed by atoms with E-state index in [9.17, 15) is 68.4 Å². The van der Waals surface area contributed by atoms with E-state index in [0.717, 1.165) is 10.8 Å². The van der Waals surface area contributed by atoms with E-state index in [1.807, 2.05) is 18.2 Å². The third-order valence-electron chi connectivity index (χ3n) is 22.6. The Labute approximate surface area is 825 Å². The molecule has 4 aromatic carbocycles. The number of rotatable bonds is 65. The molecule has 776 valence electrons. The van der Waals surface area contributed by atoms with E-state index in [4.69, 9.17) is 67.5 Å². The number of benzene rings is 4. The van der Waals surface area contributed by atoms with Crippen molar-refractivity contribution >= 4 is 155 Å². The Balaban J connectivity index is 1.46. The first-order valence-corrected chi connectivity index (χ1v) is 47.6. The maximum absolute atomic E-state index is 15.4. The maximum atomic E-state index is 15.4. The van der Waals surface area contributed by atoms with Gasteiger partial charge >= 0.3 is 18.0 Å². The number of hydrogen-bond acceptors (Lipinski definition) is 27. The normalized spacial score (nSPS) is 14.8. The molecule has 0 bridgehead atoms. The number of guanidine groups is 4. The van der Waals surface area contributed by atoms with Gasteiger partial charge in [-0.15, -0.1) is 0 Å². The number of aromatic hydroxyl groups is 2. The number of fused-ring (bicyclic) bond motifs is 1. The molecule has 41 N–H and O–H groups in total. The summed E-state index contributed by atoms with van der Waals surface area (Å²) in [4.78, 5) is 229. The topological polar surface area (TPSA) is 865 Å². The predicted molar refractivity (Wildman–Crippen MR) is 529 cm³/mol. The summed E-state index contributed by atoms with van der Waals surface area (Å²) in [6.45, 7) is 0.256. The van der Waals surface area contributed by atoms with Gasteiger partial charge in [0.1, 0.15) is 90.0 Å². The highest BCUT2D eigenvalue weighted by molar-refractivity contribution is 7.80. The lowest BCUT2D eigenvalue weighted by atomic mass is 10.00. The first kappa shape index (κ1) is 117. The van der Waals surface area contributed by atoms with E-state index in [1.54, 1.807) is 24.3 Å². The SMILES string of the molecule is N=C(N)NCCC[C@H](NC(=O)[C@H](CS)NC(=O)[C@H](CCCNC(N)=O)NC(=O)[C@H](CCCNC(=N)N)NC(=O)[C@H](Cc1ccc(O)cc1)NC(=O)[C@@H]1CCCN1C(=O)[C@@H](CCCCN)NC(=O)[C@H](CCCCN)NC(=O)[C@H](CCCNC(=N)N)NC(=O)[C@H](Cc1ccc(O)cc1)NC(=O)[C@H](CS)NC(=O)[C@H](Cc1ccc2ccccc2c1)NC(=O)[C@H](CCC(=O)O)NC(=O)[C@@H](N)CCCNC(=N)N)C(=O)O. The molecule has 1 aliphatic rings. The lowest BCUT2D eigenvalue weighted by molar-refractivity contribution is -0.143. The van der Waals surface area contributed by atoms with Crippen molar-refractivity contribution in [2.75, 3.05) is 63.9 Å². The summed E-state index contributed by atoms with van der Waals surface area (Å²) >= 11 is 8.65. The lowest BCUT2D eigenvalue weighted by Gasteiger charge is -2.31. The number of amides is 15. The van der Waals surface area contributed by atoms with Crippen LogP contribution < -0.4 is 136 Å². The molecular formula is C89H138N30O20S2. The van der Waals surface area contributed by atoms with Gasteiger partial charge in [0.15, 0.2) is 23.8 Å². The number of carbonyl (C=O) groups is 16. The number of carboxylic acid groups (broad SMARTS) is 2. The molecule has 0 aromatic heterocycles. The van der Waals surface area contributed by atoms with Crippen LogP contribution in [-0.4, -0.2) is 292 Å². The number of hydrogen-bond donors (Lipinski definition) is 35. The fourth-order valence-electron chi connectivity index (χ4n) is 15.0. The minimum absolute atomic E-state index is 0.00212. The van der Waals surface area contributed by atoms with Gasteiger partial charge in [0.2, 0.25) is 76.8 Å². The fourth-order valence-corrected chi connectivity index (χ4v) is 15.5. The number of phenolic OH excluding ortho intramolecular Hbond substituents is 2. The molecule has 14 atom stereocenters. The number of likely N-dealkylation sites (tertiary alicyclic amines) is 1. The Morgan fingerprint density at radius 1 is 0.362 bits per heavy atom. The van der Waals surface area contributed by atoms with Crippen LogP contribution in [0.4, 0.5) is 4.79 Å². The Morgan fingerprint density at radius 2 is 0.681 bits per heavy atom. The van der Waals surface area contributed by atoms with Gasteiger partial charge in [-0.25, -0.2) is 9.59 Å². The van der Waals surface area contributed by atoms with Crippen molar-refractivity contribution in [3.05, 3.63) is 108 Å². The largest absolute Gasteiger partial charge is 0.508 e. The van der Waals surface area contributed by atoms with E-state index >= 15 is 28.8 Å². The minimum atomic E-state index is -1.66. The third kappa shape index (κ3) is 43.8. The monoisotopic (exact) mass is 2010 g/mol. The van der Waals surface area contributed by atoms with Crippen molar-refractivity contribution in [3.8, 4) is 11.5 Å². The number of thiol groups is 2. The zero-order valence-corrected chi connectivity index (χ0v) is 80.1. The van der Waals surface area contributed by atoms with E-state index < -0.39 is 216 Å². The Morgan fingerprint density at radius 3 is 1.08 bits per heavy atom. The summed E-state index contributed by atoms with van der Waals surface area (Å²) in [5.74, 6) is -18.0. The van der Waals surface area contributed by atoms with Gasteiger partial charge < -0.3 is 162 Å². The van der Waals surface area contributed by atoms with Crippen LogP contribution >= 0.6 is 25.3 Å². The number of aliphatic carboxylic acids is 2. The third-order valence-corrected chi connectivity index (χ3v) is 23.3. The van der Waals surface area contributed by atoms with Gasteiger partial charge in [-0.1, -0.05) is 66.7 Å². The van der Waals surface area contributed by atoms with Crippen molar-refractivity contribution in [2.24, 2.45) is 45.9 Å². The molecule has 52 heteroatoms. The molecule has 5 rings (SSSR count). The summed E-state index contributed by atoms with van der Waals surface area (Å²) in [6, 6.07) is 1.20. The molecule has 50 nitrogen and oxygen atoms in total. The number of phenols is 2. The van der Waals surface area contributed by atoms with Crippen molar-refractivity contribution < 1.29 is 97.1 Å². The molecule has 0 spiro atoms. The van der Waals surface area contributed by atoms with Crippen LogP contribution in [0.3, 0.4) is 0 Å². The molecule has 15 amide bonds. The highest BCUT2D eigenvalue weighted by Crippen LogP contribution is 2.24. The zero-order valence-electron chi connectivity index (χ0n) is 78.4. The van der Waals surface area contributed by atoms with Crippen LogP contribution in [0.25, 0.3) is 10.8 Å². The molecule has 4 aromatic rings. The standard InChI is InChI=1S/C89H138N30O20S2/c90-35-5-3-16-57(108-72(125)58(18-8-38-103-86(95)96)110-77(130)64(44-49-24-29-54(120)30-25-49)115-81(134)68(48-141)118-79(132)66(46-51-23-28-52-13-1-2-14-53(52)43-51)114-76(129)61(33-34-70(122)123)107-71(124)56(92)15-7-37-102-85(93)94)74(127)112-62(17-4-6-36-91)83(136)119-42-12-22-69(119)82(135)116-65(45-50-26-31-55(121)32-27-50)78(131)111-59(19-9-39-104-87(97)98)73(126)109-60(20-10-41-106-89(101)139)75(128)117-67(47-140)80(133)113-63(84(137)138)21-11-40-105-88(99)100/h1-2,13-14,23-32,43,56-69,120-121,140-141H,3-12,15-22,33-42,44-48,90-92H2,(H,107,124)(H,108,125)(H,109,126)(H,110,130)(H,111,131)(H,112,127)(H,113,133)(H,114,129)(H,115,134)(H,116,135)(H,117,128)(H,118,132)(H,122,123)(H,137,138)(H4,93,94,102)(H4,95,96,103)(H4,97,98,104)(H4,99,100,105)(H3,101,106,139)/t56-,57-,58-,59-,60-,61-,62+,63-,64-,65-,66-,67-,68-,69-/m0/s1. The van der Waals surface area contributed by atoms with E-state index in [1.165, 1.54) is 53.4 Å². The van der Waals surface area contributed by atoms with Crippen LogP contribution in [0, 0.1) is 21.6 Å². The predicted octanol–water partition coefficient (Wildman–Crippen LogP) is -6.02. The van der Waals surface area contributed by atoms with Crippen LogP contribution in [0.2, 0.25) is 0 Å². The van der Waals surface area contributed by atoms with E-state index in [2.05, 4.69) is 116 Å². The number of carbonyl (C=O) groups excluding carboxylic acids is 14. The van der Waals surface area contributed by atoms with Gasteiger partial charge in [0.05, 0.1) is 6.04 Å². The molecule has 0 radical (unpaired) electrons. The molecule has 1 heterocycles. The summed E-state index contributed by atoms with van der Waals surface area (Å²) < 4.78 is 0. The average molecular weight is 2010 g/mol. The molecule has 1 aliphatic heterocycles. The number of carboxylic acids is 2. The second kappa shape index (κ2) is 62.6. The molecule has 0 saturated carbocycles. The van der Waals surface area contributed by atoms with E-state index in [-0.39, 0.29) is 198 Å². The quantitative estimate of drug-likeness (QED) is 0.00847. The summed E-state index contributed by atoms with van der Waals surface area (Å²) in [5.41, 5.74) is 46.5. The maximum Gasteiger partial charge on any atom is 0.326 e. The molecular weight excluding hydrogens is 1870 g/mol. The van der Waals surface area contributed by atoms with Crippen molar-refractivity contribution in [3.63, 3.8) is 0 Å². The van der Waals surface area contributed by atoms with Crippen molar-refractivity contribution in [1.82, 2.24) is 95.3 Å². The van der Waals surface area contributed by atoms with E-state index in [0.29, 0.717) is 29.5 Å². The number of nitrogens with zero attached hydrogens (tertiary/aromatic N) is 1. The Hall–Kier alpha value is -14.3. The smallest absolute Gasteiger partial charge is 0.326 e. The molecule has 1 fully saturated rings. The van der Waals surface area contributed by atoms with Crippen LogP contribution in [-0.2, 0) is 91.2 Å². The number of urea groups is 1. The van der Waals surface area contributed by atoms with Gasteiger partial charge in [-0.3, -0.25) is 88.8 Å². The van der Waals surface area contributed by atoms with Gasteiger partial charge in [-0.05, 0) is 187 Å². The van der Waals surface area contributed by atoms with Crippen molar-refractivity contribution in [2.45, 2.75) is 232 Å². The number of nitrogens with one attached hydrogen (secondary N) is 21. The number of unbranched alkanes of at least 4 members (excludes halogenated alkanes) is 2. The van der Waals surface area contributed by atoms with Crippen LogP contribution in [0.5, 0.6) is 11.5 Å². The number of primary amides is 1. The highest BCUT2D eigenvalue weighted by atomic mass is 32.1. The lowest BCUT2D eigenvalue weighted by Crippen LogP contribution is -2.61. The van der Waals surface area contributed by atoms with Crippen LogP contribution in [0.1, 0.15) is 145 Å². The zero-order chi connectivity index (χ0) is 104. The fraction of sp³-hybridized carbons (Fsp3) is 0.528. The first-order valence-electron chi connectivity index (χ1n) is 46.3.